The third-order valence-corrected chi connectivity index (χ3v) is 2.25. The summed E-state index contributed by atoms with van der Waals surface area (Å²) in [6.45, 7) is 0. The van der Waals surface area contributed by atoms with Crippen molar-refractivity contribution in [1.29, 1.82) is 15.8 Å². The molecule has 1 heterocycles. The third-order valence-electron chi connectivity index (χ3n) is 2.25. The number of hydrogen-bond acceptors (Lipinski definition) is 7. The second kappa shape index (κ2) is 8.26. The number of nitro groups is 1. The minimum absolute atomic E-state index is 0.0265. The fourth-order valence-corrected chi connectivity index (χ4v) is 1.25. The van der Waals surface area contributed by atoms with Crippen molar-refractivity contribution in [2.75, 3.05) is 5.32 Å². The van der Waals surface area contributed by atoms with Crippen molar-refractivity contribution in [2.45, 2.75) is 0 Å². The molecule has 0 saturated heterocycles. The molecule has 8 nitrogen and oxygen atoms in total. The molecule has 0 fully saturated rings. The Morgan fingerprint density at radius 2 is 2.00 bits per heavy atom. The van der Waals surface area contributed by atoms with Crippen molar-refractivity contribution in [3.05, 3.63) is 64.0 Å². The van der Waals surface area contributed by atoms with E-state index in [0.717, 1.165) is 12.3 Å². The summed E-state index contributed by atoms with van der Waals surface area (Å²) in [5.41, 5.74) is -0.253. The Morgan fingerprint density at radius 1 is 1.27 bits per heavy atom. The van der Waals surface area contributed by atoms with Crippen LogP contribution in [0.3, 0.4) is 0 Å². The Morgan fingerprint density at radius 3 is 2.59 bits per heavy atom. The van der Waals surface area contributed by atoms with Gasteiger partial charge in [-0.05, 0) is 12.2 Å². The zero-order valence-electron chi connectivity index (χ0n) is 11.1. The van der Waals surface area contributed by atoms with E-state index in [1.807, 2.05) is 6.07 Å². The average Bonchev–Trinajstić information content (AvgIpc) is 2.54. The summed E-state index contributed by atoms with van der Waals surface area (Å²) >= 11 is 0. The first-order chi connectivity index (χ1) is 10.6. The zero-order valence-corrected chi connectivity index (χ0v) is 11.1. The molecule has 1 aromatic rings. The van der Waals surface area contributed by atoms with Crippen LogP contribution in [0.5, 0.6) is 0 Å². The van der Waals surface area contributed by atoms with Crippen LogP contribution in [0.4, 0.5) is 11.5 Å². The van der Waals surface area contributed by atoms with Crippen molar-refractivity contribution >= 4 is 11.5 Å². The topological polar surface area (TPSA) is 139 Å². The lowest BCUT2D eigenvalue weighted by Crippen LogP contribution is -1.97. The molecule has 0 amide bonds. The van der Waals surface area contributed by atoms with Crippen LogP contribution in [-0.2, 0) is 0 Å². The van der Waals surface area contributed by atoms with E-state index in [4.69, 9.17) is 15.8 Å². The molecule has 8 heteroatoms. The van der Waals surface area contributed by atoms with Gasteiger partial charge in [0.05, 0.1) is 4.92 Å². The number of allylic oxidation sites excluding steroid dienone is 5. The van der Waals surface area contributed by atoms with Gasteiger partial charge in [0.15, 0.2) is 0 Å². The summed E-state index contributed by atoms with van der Waals surface area (Å²) in [5.74, 6) is 0.183. The minimum Gasteiger partial charge on any atom is -0.346 e. The molecule has 0 spiro atoms. The van der Waals surface area contributed by atoms with Crippen molar-refractivity contribution in [3.8, 4) is 18.2 Å². The van der Waals surface area contributed by atoms with Gasteiger partial charge in [0.25, 0.3) is 5.69 Å². The van der Waals surface area contributed by atoms with Crippen LogP contribution >= 0.6 is 0 Å². The molecule has 0 aliphatic carbocycles. The summed E-state index contributed by atoms with van der Waals surface area (Å²) in [7, 11) is 0. The first kappa shape index (κ1) is 16.1. The molecular formula is C14H8N6O2. The molecule has 0 atom stereocenters. The van der Waals surface area contributed by atoms with Gasteiger partial charge >= 0.3 is 0 Å². The van der Waals surface area contributed by atoms with Crippen molar-refractivity contribution in [2.24, 2.45) is 0 Å². The molecule has 0 radical (unpaired) electrons. The lowest BCUT2D eigenvalue weighted by atomic mass is 10.2. The van der Waals surface area contributed by atoms with Crippen LogP contribution in [-0.4, -0.2) is 9.91 Å². The van der Waals surface area contributed by atoms with E-state index in [2.05, 4.69) is 10.3 Å². The van der Waals surface area contributed by atoms with Gasteiger partial charge in [-0.1, -0.05) is 12.2 Å². The van der Waals surface area contributed by atoms with E-state index >= 15 is 0 Å². The van der Waals surface area contributed by atoms with Gasteiger partial charge in [0, 0.05) is 12.3 Å². The predicted molar refractivity (Wildman–Crippen MR) is 76.8 cm³/mol. The molecule has 0 aromatic carbocycles. The quantitative estimate of drug-likeness (QED) is 0.380. The number of anilines is 1. The van der Waals surface area contributed by atoms with E-state index in [1.54, 1.807) is 24.3 Å². The molecule has 0 aliphatic rings. The zero-order chi connectivity index (χ0) is 16.4. The van der Waals surface area contributed by atoms with Gasteiger partial charge in [-0.25, -0.2) is 4.98 Å². The molecule has 0 saturated carbocycles. The van der Waals surface area contributed by atoms with Gasteiger partial charge in [0.1, 0.15) is 41.4 Å². The molecule has 1 rings (SSSR count). The number of nitrogens with one attached hydrogen (secondary N) is 1. The van der Waals surface area contributed by atoms with Crippen LogP contribution in [0.1, 0.15) is 5.56 Å². The average molecular weight is 292 g/mol. The van der Waals surface area contributed by atoms with E-state index in [1.165, 1.54) is 18.4 Å². The number of nitrogens with zero attached hydrogens (tertiary/aromatic N) is 5. The highest BCUT2D eigenvalue weighted by Crippen LogP contribution is 2.17. The molecule has 1 aromatic heterocycles. The second-order valence-corrected chi connectivity index (χ2v) is 3.65. The fourth-order valence-electron chi connectivity index (χ4n) is 1.25. The Kier molecular flexibility index (Phi) is 6.04. The van der Waals surface area contributed by atoms with Crippen LogP contribution in [0, 0.1) is 44.1 Å². The molecular weight excluding hydrogens is 284 g/mol. The summed E-state index contributed by atoms with van der Waals surface area (Å²) < 4.78 is 0. The van der Waals surface area contributed by atoms with Crippen LogP contribution in [0.15, 0.2) is 48.3 Å². The third kappa shape index (κ3) is 4.61. The number of pyridine rings is 1. The summed E-state index contributed by atoms with van der Waals surface area (Å²) in [6, 6.07) is 6.34. The van der Waals surface area contributed by atoms with E-state index in [9.17, 15) is 10.1 Å². The first-order valence-electron chi connectivity index (χ1n) is 5.77. The number of rotatable bonds is 5. The normalized spacial score (nSPS) is 9.68. The maximum atomic E-state index is 10.6. The van der Waals surface area contributed by atoms with Crippen molar-refractivity contribution in [3.63, 3.8) is 0 Å². The maximum Gasteiger partial charge on any atom is 0.289 e. The lowest BCUT2D eigenvalue weighted by molar-refractivity contribution is -0.385. The highest BCUT2D eigenvalue weighted by atomic mass is 16.6. The largest absolute Gasteiger partial charge is 0.346 e. The minimum atomic E-state index is -0.634. The second-order valence-electron chi connectivity index (χ2n) is 3.65. The van der Waals surface area contributed by atoms with Crippen LogP contribution in [0.2, 0.25) is 0 Å². The smallest absolute Gasteiger partial charge is 0.289 e. The van der Waals surface area contributed by atoms with Gasteiger partial charge in [0.2, 0.25) is 0 Å². The molecule has 22 heavy (non-hydrogen) atoms. The van der Waals surface area contributed by atoms with Gasteiger partial charge in [-0.15, -0.1) is 0 Å². The fraction of sp³-hybridized carbons (Fsp3) is 0. The molecule has 106 valence electrons. The molecule has 0 aliphatic heterocycles. The summed E-state index contributed by atoms with van der Waals surface area (Å²) in [5, 5.41) is 39.2. The lowest BCUT2D eigenvalue weighted by Gasteiger charge is -2.01. The van der Waals surface area contributed by atoms with Crippen LogP contribution < -0.4 is 5.32 Å². The molecule has 0 bridgehead atoms. The Labute approximate surface area is 125 Å². The van der Waals surface area contributed by atoms with Crippen LogP contribution in [0.25, 0.3) is 0 Å². The molecule has 1 N–H and O–H groups in total. The number of hydrogen-bond donors (Lipinski definition) is 1. The van der Waals surface area contributed by atoms with E-state index in [0.29, 0.717) is 0 Å². The van der Waals surface area contributed by atoms with Gasteiger partial charge < -0.3 is 5.32 Å². The van der Waals surface area contributed by atoms with E-state index < -0.39 is 4.92 Å². The van der Waals surface area contributed by atoms with E-state index in [-0.39, 0.29) is 22.6 Å². The molecule has 0 unspecified atom stereocenters. The monoisotopic (exact) mass is 292 g/mol. The first-order valence-corrected chi connectivity index (χ1v) is 5.77. The summed E-state index contributed by atoms with van der Waals surface area (Å²) in [6.07, 6.45) is 8.44. The Balaban J connectivity index is 2.76. The number of nitriles is 3. The Bertz CT molecular complexity index is 771. The highest BCUT2D eigenvalue weighted by Gasteiger charge is 2.10. The SMILES string of the molecule is N#CC(C#N)=C/C=C/C=C/Nc1ncc([N+](=O)[O-])cc1C#N. The maximum absolute atomic E-state index is 10.6. The van der Waals surface area contributed by atoms with Crippen molar-refractivity contribution in [1.82, 2.24) is 4.98 Å². The van der Waals surface area contributed by atoms with Crippen molar-refractivity contribution < 1.29 is 4.92 Å². The van der Waals surface area contributed by atoms with Gasteiger partial charge in [-0.3, -0.25) is 10.1 Å². The predicted octanol–water partition coefficient (Wildman–Crippen LogP) is 2.32. The number of aromatic nitrogens is 1. The standard InChI is InChI=1S/C14H8N6O2/c15-7-11(8-16)4-2-1-3-5-18-14-12(9-17)6-13(10-19-14)20(21)22/h1-6,10H,(H,18,19)/b2-1+,5-3+. The Hall–Kier alpha value is -3.96. The highest BCUT2D eigenvalue weighted by molar-refractivity contribution is 5.56. The van der Waals surface area contributed by atoms with Gasteiger partial charge in [-0.2, -0.15) is 15.8 Å². The summed E-state index contributed by atoms with van der Waals surface area (Å²) in [4.78, 5) is 13.7.